The van der Waals surface area contributed by atoms with Crippen molar-refractivity contribution in [2.24, 2.45) is 0 Å². The van der Waals surface area contributed by atoms with E-state index >= 15 is 0 Å². The number of hydrogen-bond donors (Lipinski definition) is 0. The molecule has 0 radical (unpaired) electrons. The Morgan fingerprint density at radius 2 is 1.28 bits per heavy atom. The monoisotopic (exact) mass is 878 g/mol. The number of rotatable bonds is 5. The second kappa shape index (κ2) is 13.7. The fourth-order valence-electron chi connectivity index (χ4n) is 9.84. The van der Waals surface area contributed by atoms with E-state index in [2.05, 4.69) is 187 Å². The summed E-state index contributed by atoms with van der Waals surface area (Å²) in [5, 5.41) is 10.3. The summed E-state index contributed by atoms with van der Waals surface area (Å²) in [5.41, 5.74) is 7.76. The van der Waals surface area contributed by atoms with Crippen LogP contribution in [0.25, 0.3) is 49.3 Å². The summed E-state index contributed by atoms with van der Waals surface area (Å²) < 4.78 is 8.73. The van der Waals surface area contributed by atoms with Crippen molar-refractivity contribution >= 4 is 95.3 Å². The summed E-state index contributed by atoms with van der Waals surface area (Å²) in [6.07, 6.45) is 5.84. The normalized spacial score (nSPS) is 13.5. The summed E-state index contributed by atoms with van der Waals surface area (Å²) >= 11 is 0. The molecule has 1 aliphatic rings. The predicted molar refractivity (Wildman–Crippen MR) is 243 cm³/mol. The van der Waals surface area contributed by atoms with Crippen LogP contribution in [0.2, 0.25) is 0 Å². The van der Waals surface area contributed by atoms with Gasteiger partial charge in [-0.05, 0) is 45.6 Å². The molecule has 0 fully saturated rings. The Hall–Kier alpha value is -6.62. The van der Waals surface area contributed by atoms with Gasteiger partial charge in [-0.1, -0.05) is 128 Å². The fourth-order valence-corrected chi connectivity index (χ4v) is 14.4. The third kappa shape index (κ3) is 5.13. The minimum absolute atomic E-state index is 0. The number of imidazole rings is 1. The average Bonchev–Trinajstić information content (AvgIpc) is 3.93. The van der Waals surface area contributed by atoms with E-state index in [1.807, 2.05) is 30.6 Å². The molecule has 60 heavy (non-hydrogen) atoms. The topological polar surface area (TPSA) is 46.6 Å². The van der Waals surface area contributed by atoms with E-state index in [0.717, 1.165) is 77.0 Å². The van der Waals surface area contributed by atoms with E-state index in [-0.39, 0.29) is 25.8 Å². The molecule has 0 bridgehead atoms. The average molecular weight is 879 g/mol. The van der Waals surface area contributed by atoms with Crippen LogP contribution >= 0.6 is 0 Å². The van der Waals surface area contributed by atoms with Crippen molar-refractivity contribution in [2.75, 3.05) is 4.90 Å². The molecule has 12 rings (SSSR count). The largest absolute Gasteiger partial charge is 2.00 e. The van der Waals surface area contributed by atoms with Crippen molar-refractivity contribution in [2.45, 2.75) is 19.3 Å². The van der Waals surface area contributed by atoms with Crippen LogP contribution in [0.5, 0.6) is 0 Å². The molecule has 7 aromatic carbocycles. The summed E-state index contributed by atoms with van der Waals surface area (Å²) in [4.78, 5) is 12.3. The van der Waals surface area contributed by atoms with Crippen LogP contribution in [0.1, 0.15) is 25.0 Å². The molecule has 0 unspecified atom stereocenters. The first-order valence-electron chi connectivity index (χ1n) is 20.1. The van der Waals surface area contributed by atoms with Crippen LogP contribution in [0, 0.1) is 12.1 Å². The van der Waals surface area contributed by atoms with Gasteiger partial charge in [0.15, 0.2) is 0 Å². The number of anilines is 3. The number of furan rings is 1. The van der Waals surface area contributed by atoms with Crippen LogP contribution in [0.4, 0.5) is 17.2 Å². The zero-order valence-electron chi connectivity index (χ0n) is 32.8. The molecule has 7 heteroatoms. The molecule has 1 aliphatic heterocycles. The van der Waals surface area contributed by atoms with Gasteiger partial charge < -0.3 is 13.7 Å². The SMILES string of the molecule is CC1(C)c2cc3c(cc2N(c2[c-]c([Si](c4[c-]c5c(cc4)c4ccccc4n4ccnc54)(c4ccccc4)c4ccccc4)ccc2)c2ncccc21)oc1ccccc13.[Pd+2]. The van der Waals surface area contributed by atoms with Gasteiger partial charge in [-0.3, -0.25) is 4.98 Å². The standard InChI is InChI=1S/C53H36N4OSi.Pd/c1-53(2)45-23-14-28-54-52(45)57(48-34-50-43(33-46(48)53)42-22-10-12-25-49(42)58-50)35-15-13-20-38(31-35)59(36-16-5-3-6-17-36,37-18-7-4-8-19-37)39-26-27-40-41-21-9-11-24-47(41)56-30-29-55-51(56)44(40)32-39;/h3-30,33-34H,1-2H3;/q-2;+2. The Balaban J connectivity index is 0.00000408. The van der Waals surface area contributed by atoms with Gasteiger partial charge in [0.2, 0.25) is 0 Å². The zero-order chi connectivity index (χ0) is 39.3. The molecule has 288 valence electrons. The second-order valence-electron chi connectivity index (χ2n) is 16.0. The van der Waals surface area contributed by atoms with Gasteiger partial charge in [-0.25, -0.2) is 4.98 Å². The number of para-hydroxylation sites is 2. The van der Waals surface area contributed by atoms with Gasteiger partial charge >= 0.3 is 20.4 Å². The van der Waals surface area contributed by atoms with Crippen LogP contribution < -0.4 is 25.6 Å². The maximum Gasteiger partial charge on any atom is 2.00 e. The van der Waals surface area contributed by atoms with Gasteiger partial charge in [0, 0.05) is 51.9 Å². The minimum atomic E-state index is -3.14. The number of hydrogen-bond acceptors (Lipinski definition) is 4. The molecule has 0 amide bonds. The molecule has 0 saturated heterocycles. The summed E-state index contributed by atoms with van der Waals surface area (Å²) in [6.45, 7) is 4.60. The fraction of sp³-hybridized carbons (Fsp3) is 0.0566. The number of aromatic nitrogens is 3. The maximum absolute atomic E-state index is 6.54. The Bertz CT molecular complexity index is 3410. The van der Waals surface area contributed by atoms with Crippen molar-refractivity contribution in [1.29, 1.82) is 0 Å². The number of nitrogens with zero attached hydrogens (tertiary/aromatic N) is 4. The minimum Gasteiger partial charge on any atom is -0.456 e. The van der Waals surface area contributed by atoms with Crippen LogP contribution in [0.15, 0.2) is 187 Å². The molecule has 0 saturated carbocycles. The summed E-state index contributed by atoms with van der Waals surface area (Å²) in [5.74, 6) is 0.895. The smallest absolute Gasteiger partial charge is 0.456 e. The predicted octanol–water partition coefficient (Wildman–Crippen LogP) is 10.0. The van der Waals surface area contributed by atoms with Crippen molar-refractivity contribution in [3.05, 3.63) is 206 Å². The third-order valence-corrected chi connectivity index (χ3v) is 17.2. The van der Waals surface area contributed by atoms with Gasteiger partial charge in [-0.15, -0.1) is 34.8 Å². The number of fused-ring (bicyclic) bond motifs is 11. The first-order valence-corrected chi connectivity index (χ1v) is 22.1. The molecule has 11 aromatic rings. The van der Waals surface area contributed by atoms with Crippen molar-refractivity contribution in [3.63, 3.8) is 0 Å². The van der Waals surface area contributed by atoms with Gasteiger partial charge in [0.05, 0.1) is 11.3 Å². The summed E-state index contributed by atoms with van der Waals surface area (Å²) in [7, 11) is -3.14. The van der Waals surface area contributed by atoms with Crippen LogP contribution in [-0.4, -0.2) is 22.4 Å². The third-order valence-electron chi connectivity index (χ3n) is 12.6. The van der Waals surface area contributed by atoms with Crippen molar-refractivity contribution in [1.82, 2.24) is 14.4 Å². The van der Waals surface area contributed by atoms with E-state index in [4.69, 9.17) is 14.4 Å². The molecule has 4 aromatic heterocycles. The zero-order valence-corrected chi connectivity index (χ0v) is 35.4. The van der Waals surface area contributed by atoms with E-state index in [1.165, 1.54) is 21.3 Å². The molecular formula is C53H36N4OPdSi. The molecule has 0 N–H and O–H groups in total. The molecule has 0 atom stereocenters. The molecule has 5 heterocycles. The second-order valence-corrected chi connectivity index (χ2v) is 19.8. The first-order chi connectivity index (χ1) is 29.0. The van der Waals surface area contributed by atoms with Gasteiger partial charge in [-0.2, -0.15) is 23.4 Å². The van der Waals surface area contributed by atoms with Gasteiger partial charge in [0.25, 0.3) is 0 Å². The number of benzene rings is 7. The molecule has 5 nitrogen and oxygen atoms in total. The summed E-state index contributed by atoms with van der Waals surface area (Å²) in [6, 6.07) is 67.1. The Morgan fingerprint density at radius 3 is 2.08 bits per heavy atom. The Labute approximate surface area is 362 Å². The van der Waals surface area contributed by atoms with Crippen LogP contribution in [-0.2, 0) is 25.8 Å². The Kier molecular flexibility index (Phi) is 8.34. The first kappa shape index (κ1) is 36.5. The molecule has 0 spiro atoms. The van der Waals surface area contributed by atoms with E-state index in [9.17, 15) is 0 Å². The quantitative estimate of drug-likeness (QED) is 0.0748. The van der Waals surface area contributed by atoms with E-state index in [0.29, 0.717) is 0 Å². The van der Waals surface area contributed by atoms with Crippen LogP contribution in [0.3, 0.4) is 0 Å². The van der Waals surface area contributed by atoms with E-state index in [1.54, 1.807) is 0 Å². The van der Waals surface area contributed by atoms with Crippen molar-refractivity contribution in [3.8, 4) is 0 Å². The van der Waals surface area contributed by atoms with Gasteiger partial charge in [0.1, 0.15) is 25.1 Å². The Morgan fingerprint density at radius 1 is 0.567 bits per heavy atom. The maximum atomic E-state index is 6.54. The molecule has 0 aliphatic carbocycles. The molecular weight excluding hydrogens is 843 g/mol. The van der Waals surface area contributed by atoms with E-state index < -0.39 is 8.07 Å². The number of pyridine rings is 2. The van der Waals surface area contributed by atoms with Crippen molar-refractivity contribution < 1.29 is 24.8 Å².